The van der Waals surface area contributed by atoms with Crippen LogP contribution < -0.4 is 0 Å². The molecule has 4 heteroatoms. The number of rotatable bonds is 3. The number of aliphatic hydroxyl groups excluding tert-OH is 2. The van der Waals surface area contributed by atoms with Crippen molar-refractivity contribution >= 4 is 5.97 Å². The molecule has 1 heterocycles. The summed E-state index contributed by atoms with van der Waals surface area (Å²) in [5.74, 6) is -0.227. The van der Waals surface area contributed by atoms with E-state index in [0.717, 1.165) is 0 Å². The molecule has 1 aromatic carbocycles. The topological polar surface area (TPSA) is 66.8 Å². The van der Waals surface area contributed by atoms with Crippen molar-refractivity contribution in [2.24, 2.45) is 0 Å². The van der Waals surface area contributed by atoms with Gasteiger partial charge < -0.3 is 14.9 Å². The van der Waals surface area contributed by atoms with Gasteiger partial charge in [-0.3, -0.25) is 0 Å². The van der Waals surface area contributed by atoms with Crippen LogP contribution in [-0.2, 0) is 9.53 Å². The minimum absolute atomic E-state index is 0.248. The molecule has 0 saturated carbocycles. The quantitative estimate of drug-likeness (QED) is 0.765. The summed E-state index contributed by atoms with van der Waals surface area (Å²) in [6.45, 7) is 0. The Morgan fingerprint density at radius 2 is 1.82 bits per heavy atom. The molecule has 1 aliphatic heterocycles. The number of ether oxygens (including phenoxy) is 1. The first kappa shape index (κ1) is 11.6. The third-order valence-electron chi connectivity index (χ3n) is 2.40. The van der Waals surface area contributed by atoms with E-state index in [1.807, 2.05) is 6.07 Å². The zero-order chi connectivity index (χ0) is 12.3. The highest BCUT2D eigenvalue weighted by Crippen LogP contribution is 2.20. The lowest BCUT2D eigenvalue weighted by molar-refractivity contribution is -0.132. The molecule has 0 aromatic heterocycles. The Bertz CT molecular complexity index is 462. The predicted molar refractivity (Wildman–Crippen MR) is 60.7 cm³/mol. The molecule has 0 fully saturated rings. The van der Waals surface area contributed by atoms with E-state index in [4.69, 9.17) is 4.74 Å². The van der Waals surface area contributed by atoms with Crippen molar-refractivity contribution in [2.75, 3.05) is 0 Å². The van der Waals surface area contributed by atoms with Gasteiger partial charge in [0.2, 0.25) is 0 Å². The van der Waals surface area contributed by atoms with Crippen LogP contribution in [0.25, 0.3) is 0 Å². The lowest BCUT2D eigenvalue weighted by Crippen LogP contribution is -2.16. The summed E-state index contributed by atoms with van der Waals surface area (Å²) < 4.78 is 4.76. The molecule has 1 aliphatic rings. The maximum Gasteiger partial charge on any atom is 0.336 e. The van der Waals surface area contributed by atoms with Crippen LogP contribution in [0.15, 0.2) is 54.3 Å². The Hall–Kier alpha value is -1.91. The second-order valence-electron chi connectivity index (χ2n) is 3.67. The molecule has 4 nitrogen and oxygen atoms in total. The van der Waals surface area contributed by atoms with Gasteiger partial charge in [0, 0.05) is 6.08 Å². The summed E-state index contributed by atoms with van der Waals surface area (Å²) in [4.78, 5) is 10.8. The van der Waals surface area contributed by atoms with Gasteiger partial charge in [-0.05, 0) is 17.7 Å². The van der Waals surface area contributed by atoms with Crippen molar-refractivity contribution < 1.29 is 19.7 Å². The third-order valence-corrected chi connectivity index (χ3v) is 2.40. The summed E-state index contributed by atoms with van der Waals surface area (Å²) in [7, 11) is 0. The van der Waals surface area contributed by atoms with Gasteiger partial charge >= 0.3 is 5.97 Å². The Balaban J connectivity index is 2.08. The second kappa shape index (κ2) is 4.95. The molecule has 0 amide bonds. The summed E-state index contributed by atoms with van der Waals surface area (Å²) in [6, 6.07) is 8.79. The Morgan fingerprint density at radius 3 is 2.41 bits per heavy atom. The number of hydrogen-bond donors (Lipinski definition) is 2. The van der Waals surface area contributed by atoms with Crippen molar-refractivity contribution in [3.05, 3.63) is 59.9 Å². The number of carbonyl (C=O) groups is 1. The van der Waals surface area contributed by atoms with Crippen LogP contribution in [0, 0.1) is 0 Å². The van der Waals surface area contributed by atoms with Gasteiger partial charge in [0.05, 0.1) is 0 Å². The third kappa shape index (κ3) is 2.81. The Labute approximate surface area is 98.5 Å². The maximum atomic E-state index is 10.8. The molecule has 17 heavy (non-hydrogen) atoms. The van der Waals surface area contributed by atoms with E-state index in [1.165, 1.54) is 18.2 Å². The minimum Gasteiger partial charge on any atom is -0.424 e. The number of benzene rings is 1. The average molecular weight is 232 g/mol. The fourth-order valence-electron chi connectivity index (χ4n) is 1.53. The van der Waals surface area contributed by atoms with Gasteiger partial charge in [0.1, 0.15) is 18.0 Å². The molecule has 1 aromatic rings. The lowest BCUT2D eigenvalue weighted by atomic mass is 10.0. The van der Waals surface area contributed by atoms with Crippen LogP contribution in [0.4, 0.5) is 0 Å². The van der Waals surface area contributed by atoms with E-state index in [9.17, 15) is 15.0 Å². The molecule has 2 unspecified atom stereocenters. The van der Waals surface area contributed by atoms with Crippen LogP contribution in [0.3, 0.4) is 0 Å². The predicted octanol–water partition coefficient (Wildman–Crippen LogP) is 1.08. The highest BCUT2D eigenvalue weighted by Gasteiger charge is 2.18. The number of allylic oxidation sites excluding steroid dienone is 1. The Morgan fingerprint density at radius 1 is 1.12 bits per heavy atom. The molecule has 2 N–H and O–H groups in total. The molecule has 0 aliphatic carbocycles. The van der Waals surface area contributed by atoms with Crippen LogP contribution in [0.2, 0.25) is 0 Å². The summed E-state index contributed by atoms with van der Waals surface area (Å²) in [6.07, 6.45) is 1.84. The number of hydrogen-bond acceptors (Lipinski definition) is 4. The van der Waals surface area contributed by atoms with Crippen molar-refractivity contribution in [3.8, 4) is 0 Å². The molecule has 88 valence electrons. The largest absolute Gasteiger partial charge is 0.424 e. The molecular weight excluding hydrogens is 220 g/mol. The number of cyclic esters (lactones) is 1. The first-order chi connectivity index (χ1) is 8.16. The molecule has 0 radical (unpaired) electrons. The average Bonchev–Trinajstić information content (AvgIpc) is 2.75. The smallest absolute Gasteiger partial charge is 0.336 e. The van der Waals surface area contributed by atoms with E-state index in [0.29, 0.717) is 5.56 Å². The van der Waals surface area contributed by atoms with Gasteiger partial charge in [-0.25, -0.2) is 4.79 Å². The molecule has 0 saturated heterocycles. The van der Waals surface area contributed by atoms with Crippen LogP contribution in [0.1, 0.15) is 11.7 Å². The first-order valence-corrected chi connectivity index (χ1v) is 5.19. The van der Waals surface area contributed by atoms with Crippen molar-refractivity contribution in [1.29, 1.82) is 0 Å². The fourth-order valence-corrected chi connectivity index (χ4v) is 1.53. The summed E-state index contributed by atoms with van der Waals surface area (Å²) >= 11 is 0. The van der Waals surface area contributed by atoms with E-state index < -0.39 is 18.2 Å². The zero-order valence-corrected chi connectivity index (χ0v) is 8.98. The van der Waals surface area contributed by atoms with E-state index in [2.05, 4.69) is 0 Å². The molecule has 0 spiro atoms. The monoisotopic (exact) mass is 232 g/mol. The van der Waals surface area contributed by atoms with Gasteiger partial charge in [0.25, 0.3) is 0 Å². The highest BCUT2D eigenvalue weighted by molar-refractivity contribution is 5.86. The molecule has 2 rings (SSSR count). The fraction of sp³-hybridized carbons (Fsp3) is 0.154. The zero-order valence-electron chi connectivity index (χ0n) is 8.98. The van der Waals surface area contributed by atoms with Crippen molar-refractivity contribution in [1.82, 2.24) is 0 Å². The lowest BCUT2D eigenvalue weighted by Gasteiger charge is -2.15. The van der Waals surface area contributed by atoms with E-state index >= 15 is 0 Å². The Kier molecular flexibility index (Phi) is 3.37. The highest BCUT2D eigenvalue weighted by atomic mass is 16.5. The number of aliphatic hydroxyl groups is 2. The van der Waals surface area contributed by atoms with Crippen LogP contribution in [0.5, 0.6) is 0 Å². The van der Waals surface area contributed by atoms with Crippen molar-refractivity contribution in [2.45, 2.75) is 12.2 Å². The van der Waals surface area contributed by atoms with E-state index in [-0.39, 0.29) is 5.76 Å². The van der Waals surface area contributed by atoms with Gasteiger partial charge in [0.15, 0.2) is 0 Å². The van der Waals surface area contributed by atoms with Gasteiger partial charge in [-0.2, -0.15) is 0 Å². The molecular formula is C13H12O4. The SMILES string of the molecule is O=C1C=CC(=CC(O)C(O)c2ccccc2)O1. The molecule has 0 bridgehead atoms. The number of esters is 1. The van der Waals surface area contributed by atoms with Gasteiger partial charge in [-0.1, -0.05) is 30.3 Å². The van der Waals surface area contributed by atoms with Gasteiger partial charge in [-0.15, -0.1) is 0 Å². The molecule has 2 atom stereocenters. The second-order valence-corrected chi connectivity index (χ2v) is 3.67. The summed E-state index contributed by atoms with van der Waals surface area (Å²) in [5, 5.41) is 19.6. The van der Waals surface area contributed by atoms with Crippen LogP contribution in [-0.4, -0.2) is 22.3 Å². The van der Waals surface area contributed by atoms with Crippen molar-refractivity contribution in [3.63, 3.8) is 0 Å². The normalized spacial score (nSPS) is 20.4. The van der Waals surface area contributed by atoms with Crippen LogP contribution >= 0.6 is 0 Å². The first-order valence-electron chi connectivity index (χ1n) is 5.19. The minimum atomic E-state index is -1.12. The summed E-state index contributed by atoms with van der Waals surface area (Å²) in [5.41, 5.74) is 0.602. The standard InChI is InChI=1S/C13H12O4/c14-11(8-10-6-7-12(15)17-10)13(16)9-4-2-1-3-5-9/h1-8,11,13-14,16H. The maximum absolute atomic E-state index is 10.8. The number of carbonyl (C=O) groups excluding carboxylic acids is 1. The van der Waals surface area contributed by atoms with E-state index in [1.54, 1.807) is 24.3 Å².